The second-order valence-corrected chi connectivity index (χ2v) is 1.53. The van der Waals surface area contributed by atoms with E-state index in [1.54, 1.807) is 13.0 Å². The number of ether oxygens (including phenoxy) is 1. The van der Waals surface area contributed by atoms with Gasteiger partial charge in [-0.25, -0.2) is 0 Å². The number of hydrogen-bond donors (Lipinski definition) is 1. The van der Waals surface area contributed by atoms with E-state index in [0.717, 1.165) is 6.21 Å². The van der Waals surface area contributed by atoms with Crippen LogP contribution in [-0.4, -0.2) is 18.8 Å². The van der Waals surface area contributed by atoms with Crippen molar-refractivity contribution in [2.24, 2.45) is 5.92 Å². The van der Waals surface area contributed by atoms with Crippen LogP contribution in [0.1, 0.15) is 6.92 Å². The second kappa shape index (κ2) is 4.50. The normalized spacial score (nSPS) is 11.2. The van der Waals surface area contributed by atoms with Gasteiger partial charge in [-0.05, 0) is 6.92 Å². The first-order chi connectivity index (χ1) is 4.76. The highest BCUT2D eigenvalue weighted by Gasteiger charge is 2.14. The van der Waals surface area contributed by atoms with Crippen molar-refractivity contribution in [3.05, 3.63) is 0 Å². The summed E-state index contributed by atoms with van der Waals surface area (Å²) in [5, 5.41) is 14.8. The number of nitrogens with one attached hydrogen (secondary N) is 1. The van der Waals surface area contributed by atoms with Crippen LogP contribution in [0.25, 0.3) is 0 Å². The van der Waals surface area contributed by atoms with Crippen LogP contribution in [0.15, 0.2) is 0 Å². The van der Waals surface area contributed by atoms with E-state index in [1.165, 1.54) is 0 Å². The van der Waals surface area contributed by atoms with Gasteiger partial charge in [0, 0.05) is 6.21 Å². The van der Waals surface area contributed by atoms with Gasteiger partial charge in [-0.2, -0.15) is 5.26 Å². The van der Waals surface area contributed by atoms with E-state index in [9.17, 15) is 4.79 Å². The van der Waals surface area contributed by atoms with Gasteiger partial charge in [0.25, 0.3) is 0 Å². The van der Waals surface area contributed by atoms with Crippen molar-refractivity contribution in [2.45, 2.75) is 6.92 Å². The van der Waals surface area contributed by atoms with Crippen molar-refractivity contribution in [3.63, 3.8) is 0 Å². The van der Waals surface area contributed by atoms with Crippen LogP contribution in [0.5, 0.6) is 0 Å². The van der Waals surface area contributed by atoms with Crippen LogP contribution >= 0.6 is 0 Å². The summed E-state index contributed by atoms with van der Waals surface area (Å²) < 4.78 is 4.47. The zero-order chi connectivity index (χ0) is 7.98. The fourth-order valence-corrected chi connectivity index (χ4v) is 0.390. The van der Waals surface area contributed by atoms with Gasteiger partial charge < -0.3 is 10.1 Å². The Labute approximate surface area is 58.9 Å². The molecule has 10 heavy (non-hydrogen) atoms. The van der Waals surface area contributed by atoms with Gasteiger partial charge in [-0.15, -0.1) is 0 Å². The predicted octanol–water partition coefficient (Wildman–Crippen LogP) is 0.339. The SMILES string of the molecule is CCOC(=O)C(C#N)C=N. The second-order valence-electron chi connectivity index (χ2n) is 1.53. The maximum atomic E-state index is 10.6. The highest BCUT2D eigenvalue weighted by Crippen LogP contribution is 1.92. The Bertz CT molecular complexity index is 171. The highest BCUT2D eigenvalue weighted by atomic mass is 16.5. The van der Waals surface area contributed by atoms with Crippen molar-refractivity contribution in [1.29, 1.82) is 10.7 Å². The lowest BCUT2D eigenvalue weighted by molar-refractivity contribution is -0.143. The Morgan fingerprint density at radius 3 is 2.90 bits per heavy atom. The minimum Gasteiger partial charge on any atom is -0.465 e. The van der Waals surface area contributed by atoms with Gasteiger partial charge in [0.05, 0.1) is 12.7 Å². The van der Waals surface area contributed by atoms with E-state index < -0.39 is 11.9 Å². The monoisotopic (exact) mass is 140 g/mol. The summed E-state index contributed by atoms with van der Waals surface area (Å²) in [5.41, 5.74) is 0. The van der Waals surface area contributed by atoms with Crippen LogP contribution in [0.4, 0.5) is 0 Å². The first-order valence-corrected chi connectivity index (χ1v) is 2.83. The van der Waals surface area contributed by atoms with Crippen molar-refractivity contribution >= 4 is 12.2 Å². The van der Waals surface area contributed by atoms with Crippen molar-refractivity contribution in [2.75, 3.05) is 6.61 Å². The molecule has 1 N–H and O–H groups in total. The van der Waals surface area contributed by atoms with E-state index in [2.05, 4.69) is 4.74 Å². The average Bonchev–Trinajstić information content (AvgIpc) is 1.91. The molecular formula is C6H8N2O2. The molecule has 0 aromatic rings. The van der Waals surface area contributed by atoms with Gasteiger partial charge in [-0.3, -0.25) is 4.79 Å². The Kier molecular flexibility index (Phi) is 3.89. The van der Waals surface area contributed by atoms with Crippen molar-refractivity contribution in [3.8, 4) is 6.07 Å². The number of carbonyl (C=O) groups excluding carboxylic acids is 1. The van der Waals surface area contributed by atoms with Gasteiger partial charge >= 0.3 is 5.97 Å². The Hall–Kier alpha value is -1.37. The molecule has 0 amide bonds. The van der Waals surface area contributed by atoms with Gasteiger partial charge in [0.1, 0.15) is 0 Å². The van der Waals surface area contributed by atoms with E-state index in [0.29, 0.717) is 0 Å². The van der Waals surface area contributed by atoms with Gasteiger partial charge in [0.2, 0.25) is 0 Å². The molecule has 0 saturated carbocycles. The van der Waals surface area contributed by atoms with E-state index in [1.807, 2.05) is 0 Å². The standard InChI is InChI=1S/C6H8N2O2/c1-2-10-6(9)5(3-7)4-8/h3,5,7H,2H2,1H3. The van der Waals surface area contributed by atoms with Crippen LogP contribution in [-0.2, 0) is 9.53 Å². The number of rotatable bonds is 3. The lowest BCUT2D eigenvalue weighted by atomic mass is 10.2. The number of nitrogens with zero attached hydrogens (tertiary/aromatic N) is 1. The number of hydrogen-bond acceptors (Lipinski definition) is 4. The summed E-state index contributed by atoms with van der Waals surface area (Å²) in [6.45, 7) is 1.89. The lowest BCUT2D eigenvalue weighted by Gasteiger charge is -2.00. The van der Waals surface area contributed by atoms with E-state index >= 15 is 0 Å². The summed E-state index contributed by atoms with van der Waals surface area (Å²) in [5.74, 6) is -1.69. The quantitative estimate of drug-likeness (QED) is 0.453. The molecular weight excluding hydrogens is 132 g/mol. The molecule has 0 saturated heterocycles. The average molecular weight is 140 g/mol. The first kappa shape index (κ1) is 8.63. The molecule has 1 unspecified atom stereocenters. The zero-order valence-corrected chi connectivity index (χ0v) is 5.63. The summed E-state index contributed by atoms with van der Waals surface area (Å²) in [6.07, 6.45) is 0.762. The third kappa shape index (κ3) is 2.27. The molecule has 1 atom stereocenters. The summed E-state index contributed by atoms with van der Waals surface area (Å²) in [4.78, 5) is 10.6. The molecule has 0 rings (SSSR count). The maximum Gasteiger partial charge on any atom is 0.328 e. The zero-order valence-electron chi connectivity index (χ0n) is 5.63. The largest absolute Gasteiger partial charge is 0.465 e. The smallest absolute Gasteiger partial charge is 0.328 e. The third-order valence-corrected chi connectivity index (χ3v) is 0.846. The maximum absolute atomic E-state index is 10.6. The predicted molar refractivity (Wildman–Crippen MR) is 34.5 cm³/mol. The van der Waals surface area contributed by atoms with Gasteiger partial charge in [0.15, 0.2) is 5.92 Å². The molecule has 0 spiro atoms. The van der Waals surface area contributed by atoms with Crippen molar-refractivity contribution in [1.82, 2.24) is 0 Å². The molecule has 0 aliphatic rings. The number of esters is 1. The topological polar surface area (TPSA) is 73.9 Å². The molecule has 0 aromatic heterocycles. The van der Waals surface area contributed by atoms with Crippen LogP contribution < -0.4 is 0 Å². The number of nitriles is 1. The molecule has 0 aliphatic carbocycles. The summed E-state index contributed by atoms with van der Waals surface area (Å²) in [7, 11) is 0. The summed E-state index contributed by atoms with van der Waals surface area (Å²) >= 11 is 0. The highest BCUT2D eigenvalue weighted by molar-refractivity contribution is 5.91. The fraction of sp³-hybridized carbons (Fsp3) is 0.500. The molecule has 0 aromatic carbocycles. The minimum absolute atomic E-state index is 0.241. The number of carbonyl (C=O) groups is 1. The molecule has 0 fully saturated rings. The molecule has 0 radical (unpaired) electrons. The first-order valence-electron chi connectivity index (χ1n) is 2.83. The lowest BCUT2D eigenvalue weighted by Crippen LogP contribution is -2.16. The summed E-state index contributed by atoms with van der Waals surface area (Å²) in [6, 6.07) is 1.62. The van der Waals surface area contributed by atoms with Crippen LogP contribution in [0.3, 0.4) is 0 Å². The van der Waals surface area contributed by atoms with Crippen molar-refractivity contribution < 1.29 is 9.53 Å². The molecule has 4 nitrogen and oxygen atoms in total. The Morgan fingerprint density at radius 2 is 2.60 bits per heavy atom. The van der Waals surface area contributed by atoms with E-state index in [-0.39, 0.29) is 6.61 Å². The minimum atomic E-state index is -1.04. The molecule has 0 bridgehead atoms. The van der Waals surface area contributed by atoms with Crippen LogP contribution in [0.2, 0.25) is 0 Å². The fourth-order valence-electron chi connectivity index (χ4n) is 0.390. The molecule has 54 valence electrons. The molecule has 0 aliphatic heterocycles. The van der Waals surface area contributed by atoms with E-state index in [4.69, 9.17) is 10.7 Å². The Morgan fingerprint density at radius 1 is 2.00 bits per heavy atom. The van der Waals surface area contributed by atoms with Gasteiger partial charge in [-0.1, -0.05) is 0 Å². The molecule has 0 heterocycles. The molecule has 4 heteroatoms. The van der Waals surface area contributed by atoms with Crippen LogP contribution in [0, 0.1) is 22.7 Å². The Balaban J connectivity index is 3.92. The third-order valence-electron chi connectivity index (χ3n) is 0.846.